The summed E-state index contributed by atoms with van der Waals surface area (Å²) in [5.41, 5.74) is 8.04. The highest BCUT2D eigenvalue weighted by Crippen LogP contribution is 2.14. The third-order valence-corrected chi connectivity index (χ3v) is 1.59. The van der Waals surface area contributed by atoms with Gasteiger partial charge in [0.2, 0.25) is 0 Å². The molecule has 2 heteroatoms. The first kappa shape index (κ1) is 8.08. The van der Waals surface area contributed by atoms with Crippen LogP contribution >= 0.6 is 0 Å². The van der Waals surface area contributed by atoms with Crippen LogP contribution in [0, 0.1) is 0 Å². The molecule has 1 atom stereocenters. The smallest absolute Gasteiger partial charge is 0.0485 e. The molecule has 0 amide bonds. The minimum Gasteiger partial charge on any atom is -0.364 e. The number of aromatic amines is 1. The van der Waals surface area contributed by atoms with Crippen LogP contribution in [0.15, 0.2) is 30.5 Å². The Balaban J connectivity index is 2.56. The molecule has 0 aromatic carbocycles. The SMILES string of the molecule is C=C(C)CC(N)c1ccc[nH]1. The molecule has 2 nitrogen and oxygen atoms in total. The van der Waals surface area contributed by atoms with Crippen LogP contribution in [0.1, 0.15) is 25.1 Å². The highest BCUT2D eigenvalue weighted by Gasteiger charge is 2.04. The van der Waals surface area contributed by atoms with Gasteiger partial charge in [0.05, 0.1) is 0 Å². The predicted octanol–water partition coefficient (Wildman–Crippen LogP) is 1.98. The first-order chi connectivity index (χ1) is 5.20. The van der Waals surface area contributed by atoms with Crippen molar-refractivity contribution in [3.63, 3.8) is 0 Å². The van der Waals surface area contributed by atoms with E-state index in [2.05, 4.69) is 11.6 Å². The predicted molar refractivity (Wildman–Crippen MR) is 47.2 cm³/mol. The van der Waals surface area contributed by atoms with Gasteiger partial charge in [-0.3, -0.25) is 0 Å². The van der Waals surface area contributed by atoms with Gasteiger partial charge in [0.1, 0.15) is 0 Å². The van der Waals surface area contributed by atoms with Crippen LogP contribution in [-0.4, -0.2) is 4.98 Å². The van der Waals surface area contributed by atoms with Crippen molar-refractivity contribution in [3.8, 4) is 0 Å². The second-order valence-electron chi connectivity index (χ2n) is 2.89. The summed E-state index contributed by atoms with van der Waals surface area (Å²) in [6.45, 7) is 5.80. The number of nitrogens with one attached hydrogen (secondary N) is 1. The lowest BCUT2D eigenvalue weighted by atomic mass is 10.1. The minimum absolute atomic E-state index is 0.0718. The van der Waals surface area contributed by atoms with Gasteiger partial charge in [-0.1, -0.05) is 5.57 Å². The van der Waals surface area contributed by atoms with E-state index >= 15 is 0 Å². The molecule has 0 radical (unpaired) electrons. The highest BCUT2D eigenvalue weighted by molar-refractivity contribution is 5.11. The lowest BCUT2D eigenvalue weighted by Gasteiger charge is -2.08. The summed E-state index contributed by atoms with van der Waals surface area (Å²) < 4.78 is 0. The fraction of sp³-hybridized carbons (Fsp3) is 0.333. The zero-order valence-corrected chi connectivity index (χ0v) is 6.80. The van der Waals surface area contributed by atoms with Crippen molar-refractivity contribution in [2.45, 2.75) is 19.4 Å². The van der Waals surface area contributed by atoms with Crippen molar-refractivity contribution in [3.05, 3.63) is 36.2 Å². The number of hydrogen-bond acceptors (Lipinski definition) is 1. The Bertz CT molecular complexity index is 224. The molecule has 1 heterocycles. The fourth-order valence-electron chi connectivity index (χ4n) is 1.06. The molecule has 0 fully saturated rings. The molecule has 1 aromatic heterocycles. The summed E-state index contributed by atoms with van der Waals surface area (Å²) in [6.07, 6.45) is 2.73. The molecule has 0 saturated carbocycles. The molecule has 0 aliphatic heterocycles. The molecular weight excluding hydrogens is 136 g/mol. The molecule has 60 valence electrons. The summed E-state index contributed by atoms with van der Waals surface area (Å²) in [4.78, 5) is 3.08. The summed E-state index contributed by atoms with van der Waals surface area (Å²) >= 11 is 0. The number of aromatic nitrogens is 1. The van der Waals surface area contributed by atoms with Gasteiger partial charge >= 0.3 is 0 Å². The average Bonchev–Trinajstić information content (AvgIpc) is 2.35. The topological polar surface area (TPSA) is 41.8 Å². The van der Waals surface area contributed by atoms with Crippen LogP contribution in [0.2, 0.25) is 0 Å². The van der Waals surface area contributed by atoms with E-state index in [0.717, 1.165) is 17.7 Å². The second kappa shape index (κ2) is 3.39. The van der Waals surface area contributed by atoms with Gasteiger partial charge in [0, 0.05) is 17.9 Å². The maximum Gasteiger partial charge on any atom is 0.0485 e. The summed E-state index contributed by atoms with van der Waals surface area (Å²) in [7, 11) is 0. The van der Waals surface area contributed by atoms with Crippen LogP contribution in [0.5, 0.6) is 0 Å². The summed E-state index contributed by atoms with van der Waals surface area (Å²) in [6, 6.07) is 4.02. The van der Waals surface area contributed by atoms with Crippen LogP contribution in [0.3, 0.4) is 0 Å². The van der Waals surface area contributed by atoms with E-state index in [1.807, 2.05) is 25.3 Å². The molecule has 11 heavy (non-hydrogen) atoms. The highest BCUT2D eigenvalue weighted by atomic mass is 14.8. The third-order valence-electron chi connectivity index (χ3n) is 1.59. The van der Waals surface area contributed by atoms with Crippen LogP contribution in [0.25, 0.3) is 0 Å². The Morgan fingerprint density at radius 2 is 2.55 bits per heavy atom. The monoisotopic (exact) mass is 150 g/mol. The van der Waals surface area contributed by atoms with Crippen LogP contribution < -0.4 is 5.73 Å². The van der Waals surface area contributed by atoms with Crippen molar-refractivity contribution in [1.82, 2.24) is 4.98 Å². The van der Waals surface area contributed by atoms with E-state index in [9.17, 15) is 0 Å². The Kier molecular flexibility index (Phi) is 2.49. The average molecular weight is 150 g/mol. The molecule has 1 unspecified atom stereocenters. The zero-order chi connectivity index (χ0) is 8.27. The fourth-order valence-corrected chi connectivity index (χ4v) is 1.06. The molecule has 0 aliphatic rings. The number of hydrogen-bond donors (Lipinski definition) is 2. The maximum absolute atomic E-state index is 5.85. The Morgan fingerprint density at radius 1 is 1.82 bits per heavy atom. The largest absolute Gasteiger partial charge is 0.364 e. The van der Waals surface area contributed by atoms with Gasteiger partial charge in [-0.25, -0.2) is 0 Å². The van der Waals surface area contributed by atoms with Crippen molar-refractivity contribution < 1.29 is 0 Å². The number of rotatable bonds is 3. The van der Waals surface area contributed by atoms with Crippen LogP contribution in [-0.2, 0) is 0 Å². The van der Waals surface area contributed by atoms with Gasteiger partial charge in [-0.05, 0) is 25.5 Å². The van der Waals surface area contributed by atoms with Gasteiger partial charge in [0.15, 0.2) is 0 Å². The Hall–Kier alpha value is -1.02. The lowest BCUT2D eigenvalue weighted by molar-refractivity contribution is 0.697. The minimum atomic E-state index is 0.0718. The number of nitrogens with two attached hydrogens (primary N) is 1. The van der Waals surface area contributed by atoms with Gasteiger partial charge < -0.3 is 10.7 Å². The Labute approximate surface area is 67.1 Å². The molecule has 1 aromatic rings. The Morgan fingerprint density at radius 3 is 3.00 bits per heavy atom. The van der Waals surface area contributed by atoms with Crippen LogP contribution in [0.4, 0.5) is 0 Å². The van der Waals surface area contributed by atoms with Crippen molar-refractivity contribution in [2.75, 3.05) is 0 Å². The third kappa shape index (κ3) is 2.24. The van der Waals surface area contributed by atoms with E-state index in [1.54, 1.807) is 0 Å². The van der Waals surface area contributed by atoms with Gasteiger partial charge in [-0.15, -0.1) is 6.58 Å². The molecule has 1 rings (SSSR count). The first-order valence-electron chi connectivity index (χ1n) is 3.73. The normalized spacial score (nSPS) is 12.9. The molecule has 0 spiro atoms. The standard InChI is InChI=1S/C9H14N2/c1-7(2)6-8(10)9-4-3-5-11-9/h3-5,8,11H,1,6,10H2,2H3. The van der Waals surface area contributed by atoms with Gasteiger partial charge in [0.25, 0.3) is 0 Å². The molecule has 3 N–H and O–H groups in total. The van der Waals surface area contributed by atoms with E-state index in [0.29, 0.717) is 0 Å². The van der Waals surface area contributed by atoms with E-state index in [4.69, 9.17) is 5.73 Å². The molecule has 0 bridgehead atoms. The van der Waals surface area contributed by atoms with Crippen molar-refractivity contribution in [1.29, 1.82) is 0 Å². The van der Waals surface area contributed by atoms with Crippen molar-refractivity contribution >= 4 is 0 Å². The first-order valence-corrected chi connectivity index (χ1v) is 3.73. The van der Waals surface area contributed by atoms with E-state index in [1.165, 1.54) is 0 Å². The molecule has 0 aliphatic carbocycles. The summed E-state index contributed by atoms with van der Waals surface area (Å²) in [5.74, 6) is 0. The second-order valence-corrected chi connectivity index (χ2v) is 2.89. The molecular formula is C9H14N2. The van der Waals surface area contributed by atoms with E-state index in [-0.39, 0.29) is 6.04 Å². The van der Waals surface area contributed by atoms with Gasteiger partial charge in [-0.2, -0.15) is 0 Å². The number of H-pyrrole nitrogens is 1. The van der Waals surface area contributed by atoms with E-state index < -0.39 is 0 Å². The lowest BCUT2D eigenvalue weighted by Crippen LogP contribution is -2.10. The summed E-state index contributed by atoms with van der Waals surface area (Å²) in [5, 5.41) is 0. The zero-order valence-electron chi connectivity index (χ0n) is 6.80. The quantitative estimate of drug-likeness (QED) is 0.635. The van der Waals surface area contributed by atoms with Crippen molar-refractivity contribution in [2.24, 2.45) is 5.73 Å². The maximum atomic E-state index is 5.85. The molecule has 0 saturated heterocycles.